The molecule has 0 unspecified atom stereocenters. The minimum absolute atomic E-state index is 0.0226. The fourth-order valence-corrected chi connectivity index (χ4v) is 1.20. The van der Waals surface area contributed by atoms with Gasteiger partial charge in [-0.15, -0.1) is 0 Å². The Morgan fingerprint density at radius 3 is 2.27 bits per heavy atom. The van der Waals surface area contributed by atoms with Crippen molar-refractivity contribution in [2.45, 2.75) is 18.9 Å². The average molecular weight is 219 g/mol. The molecule has 0 amide bonds. The molecule has 0 bridgehead atoms. The molecule has 0 aliphatic rings. The molecule has 1 aromatic rings. The van der Waals surface area contributed by atoms with Crippen LogP contribution in [0.4, 0.5) is 8.78 Å². The molecule has 0 saturated carbocycles. The van der Waals surface area contributed by atoms with Crippen LogP contribution >= 0.6 is 0 Å². The van der Waals surface area contributed by atoms with Gasteiger partial charge >= 0.3 is 0 Å². The summed E-state index contributed by atoms with van der Waals surface area (Å²) in [6.07, 6.45) is -3.23. The molecule has 1 rings (SSSR count). The summed E-state index contributed by atoms with van der Waals surface area (Å²) < 4.78 is 24.0. The predicted molar refractivity (Wildman–Crippen MR) is 49.0 cm³/mol. The number of alkyl halides is 2. The lowest BCUT2D eigenvalue weighted by Gasteiger charge is -2.14. The van der Waals surface area contributed by atoms with E-state index in [9.17, 15) is 13.9 Å². The molecule has 0 spiro atoms. The van der Waals surface area contributed by atoms with Crippen molar-refractivity contribution >= 4 is 0 Å². The van der Waals surface area contributed by atoms with Crippen LogP contribution in [0.15, 0.2) is 12.1 Å². The Labute approximate surface area is 84.6 Å². The third-order valence-corrected chi connectivity index (χ3v) is 1.99. The summed E-state index contributed by atoms with van der Waals surface area (Å²) in [5.74, 6) is -1.94. The van der Waals surface area contributed by atoms with E-state index in [1.54, 1.807) is 0 Å². The summed E-state index contributed by atoms with van der Waals surface area (Å²) in [5.41, 5.74) is 5.36. The molecule has 0 radical (unpaired) electrons. The zero-order valence-electron chi connectivity index (χ0n) is 7.69. The highest BCUT2D eigenvalue weighted by Gasteiger charge is 2.19. The number of aromatic hydroxyl groups is 3. The number of benzene rings is 1. The summed E-state index contributed by atoms with van der Waals surface area (Å²) in [5, 5.41) is 27.4. The number of phenolic OH excluding ortho intramolecular Hbond substituents is 3. The van der Waals surface area contributed by atoms with Crippen molar-refractivity contribution < 1.29 is 24.1 Å². The Bertz CT molecular complexity index is 357. The van der Waals surface area contributed by atoms with E-state index < -0.39 is 36.1 Å². The maximum Gasteiger partial charge on any atom is 0.240 e. The fourth-order valence-electron chi connectivity index (χ4n) is 1.20. The number of hydrogen-bond donors (Lipinski definition) is 4. The smallest absolute Gasteiger partial charge is 0.240 e. The second kappa shape index (κ2) is 4.31. The number of phenols is 3. The molecule has 0 heterocycles. The minimum atomic E-state index is -2.60. The molecule has 6 heteroatoms. The average Bonchev–Trinajstić information content (AvgIpc) is 2.13. The largest absolute Gasteiger partial charge is 0.504 e. The highest BCUT2D eigenvalue weighted by molar-refractivity contribution is 5.54. The van der Waals surface area contributed by atoms with Gasteiger partial charge in [-0.1, -0.05) is 0 Å². The van der Waals surface area contributed by atoms with E-state index in [0.717, 1.165) is 6.07 Å². The third kappa shape index (κ3) is 2.47. The molecule has 0 aliphatic carbocycles. The second-order valence-electron chi connectivity index (χ2n) is 3.10. The van der Waals surface area contributed by atoms with Gasteiger partial charge in [0, 0.05) is 18.0 Å². The molecule has 4 nitrogen and oxygen atoms in total. The van der Waals surface area contributed by atoms with Crippen molar-refractivity contribution in [3.8, 4) is 17.2 Å². The van der Waals surface area contributed by atoms with E-state index >= 15 is 0 Å². The van der Waals surface area contributed by atoms with E-state index in [0.29, 0.717) is 0 Å². The van der Waals surface area contributed by atoms with Gasteiger partial charge in [-0.2, -0.15) is 0 Å². The summed E-state index contributed by atoms with van der Waals surface area (Å²) in [6.45, 7) is 0. The first-order valence-electron chi connectivity index (χ1n) is 4.21. The van der Waals surface area contributed by atoms with Crippen molar-refractivity contribution in [2.75, 3.05) is 0 Å². The van der Waals surface area contributed by atoms with Crippen LogP contribution in [0.1, 0.15) is 18.0 Å². The number of hydrogen-bond acceptors (Lipinski definition) is 4. The van der Waals surface area contributed by atoms with Crippen LogP contribution in [0, 0.1) is 0 Å². The molecular formula is C9H11F2NO3. The fraction of sp³-hybridized carbons (Fsp3) is 0.333. The van der Waals surface area contributed by atoms with Crippen LogP contribution < -0.4 is 5.73 Å². The number of rotatable bonds is 3. The summed E-state index contributed by atoms with van der Waals surface area (Å²) in [4.78, 5) is 0. The lowest BCUT2D eigenvalue weighted by atomic mass is 10.0. The first-order valence-corrected chi connectivity index (χ1v) is 4.21. The van der Waals surface area contributed by atoms with Gasteiger partial charge < -0.3 is 21.1 Å². The van der Waals surface area contributed by atoms with Crippen molar-refractivity contribution in [1.82, 2.24) is 0 Å². The third-order valence-electron chi connectivity index (χ3n) is 1.99. The van der Waals surface area contributed by atoms with Gasteiger partial charge in [0.2, 0.25) is 12.2 Å². The Morgan fingerprint density at radius 2 is 1.73 bits per heavy atom. The maximum absolute atomic E-state index is 12.0. The second-order valence-corrected chi connectivity index (χ2v) is 3.10. The van der Waals surface area contributed by atoms with Crippen LogP contribution in [0.5, 0.6) is 17.2 Å². The van der Waals surface area contributed by atoms with Gasteiger partial charge in [0.05, 0.1) is 0 Å². The van der Waals surface area contributed by atoms with E-state index in [2.05, 4.69) is 0 Å². The van der Waals surface area contributed by atoms with Gasteiger partial charge in [-0.3, -0.25) is 0 Å². The van der Waals surface area contributed by atoms with Gasteiger partial charge in [0.15, 0.2) is 11.5 Å². The first kappa shape index (κ1) is 11.5. The Hall–Kier alpha value is -1.56. The van der Waals surface area contributed by atoms with Crippen molar-refractivity contribution in [3.05, 3.63) is 17.7 Å². The molecule has 84 valence electrons. The SMILES string of the molecule is N[C@@H](CC(F)F)c1ccc(O)c(O)c1O. The highest BCUT2D eigenvalue weighted by Crippen LogP contribution is 2.40. The minimum Gasteiger partial charge on any atom is -0.504 e. The molecule has 5 N–H and O–H groups in total. The van der Waals surface area contributed by atoms with E-state index in [1.165, 1.54) is 6.07 Å². The van der Waals surface area contributed by atoms with Gasteiger partial charge in [0.1, 0.15) is 0 Å². The van der Waals surface area contributed by atoms with Crippen LogP contribution in [0.3, 0.4) is 0 Å². The van der Waals surface area contributed by atoms with Crippen molar-refractivity contribution in [3.63, 3.8) is 0 Å². The first-order chi connectivity index (χ1) is 6.93. The molecule has 15 heavy (non-hydrogen) atoms. The van der Waals surface area contributed by atoms with Crippen LogP contribution in [0.25, 0.3) is 0 Å². The Balaban J connectivity index is 3.00. The molecule has 0 fully saturated rings. The number of halogens is 2. The van der Waals surface area contributed by atoms with Crippen LogP contribution in [-0.4, -0.2) is 21.7 Å². The predicted octanol–water partition coefficient (Wildman–Crippen LogP) is 1.46. The van der Waals surface area contributed by atoms with Crippen LogP contribution in [0.2, 0.25) is 0 Å². The monoisotopic (exact) mass is 219 g/mol. The molecule has 0 aliphatic heterocycles. The lowest BCUT2D eigenvalue weighted by molar-refractivity contribution is 0.128. The maximum atomic E-state index is 12.0. The summed E-state index contributed by atoms with van der Waals surface area (Å²) >= 11 is 0. The summed E-state index contributed by atoms with van der Waals surface area (Å²) in [7, 11) is 0. The standard InChI is InChI=1S/C9H11F2NO3/c10-7(11)3-5(12)4-1-2-6(13)9(15)8(4)14/h1-2,5,7,13-15H,3,12H2/t5-/m0/s1. The zero-order valence-corrected chi connectivity index (χ0v) is 7.69. The van der Waals surface area contributed by atoms with E-state index in [1.807, 2.05) is 0 Å². The van der Waals surface area contributed by atoms with Gasteiger partial charge in [-0.05, 0) is 12.1 Å². The molecule has 1 atom stereocenters. The van der Waals surface area contributed by atoms with Gasteiger partial charge in [0.25, 0.3) is 0 Å². The highest BCUT2D eigenvalue weighted by atomic mass is 19.3. The lowest BCUT2D eigenvalue weighted by Crippen LogP contribution is -2.14. The quantitative estimate of drug-likeness (QED) is 0.579. The van der Waals surface area contributed by atoms with Crippen molar-refractivity contribution in [1.29, 1.82) is 0 Å². The Morgan fingerprint density at radius 1 is 1.13 bits per heavy atom. The van der Waals surface area contributed by atoms with E-state index in [4.69, 9.17) is 15.9 Å². The number of nitrogens with two attached hydrogens (primary N) is 1. The zero-order chi connectivity index (χ0) is 11.6. The normalized spacial score (nSPS) is 13.1. The summed E-state index contributed by atoms with van der Waals surface area (Å²) in [6, 6.07) is 1.18. The molecular weight excluding hydrogens is 208 g/mol. The molecule has 0 aromatic heterocycles. The molecule has 1 aromatic carbocycles. The Kier molecular flexibility index (Phi) is 3.31. The van der Waals surface area contributed by atoms with Crippen molar-refractivity contribution in [2.24, 2.45) is 5.73 Å². The van der Waals surface area contributed by atoms with Gasteiger partial charge in [-0.25, -0.2) is 8.78 Å². The van der Waals surface area contributed by atoms with E-state index in [-0.39, 0.29) is 5.56 Å². The molecule has 0 saturated heterocycles. The topological polar surface area (TPSA) is 86.7 Å². The van der Waals surface area contributed by atoms with Crippen LogP contribution in [-0.2, 0) is 0 Å².